The summed E-state index contributed by atoms with van der Waals surface area (Å²) in [6.45, 7) is 4.66. The van der Waals surface area contributed by atoms with Gasteiger partial charge in [0, 0.05) is 6.54 Å². The molecule has 2 aromatic rings. The third-order valence-corrected chi connectivity index (χ3v) is 2.94. The fraction of sp³-hybridized carbons (Fsp3) is 0.312. The molecule has 0 aliphatic heterocycles. The summed E-state index contributed by atoms with van der Waals surface area (Å²) in [5.74, 6) is -0.162. The molecule has 0 aliphatic rings. The third kappa shape index (κ3) is 3.52. The Labute approximate surface area is 128 Å². The predicted molar refractivity (Wildman–Crippen MR) is 83.6 cm³/mol. The van der Waals surface area contributed by atoms with Crippen molar-refractivity contribution in [1.29, 1.82) is 0 Å². The van der Waals surface area contributed by atoms with E-state index in [4.69, 9.17) is 4.74 Å². The molecular formula is C16H19N3O3. The Bertz CT molecular complexity index is 696. The number of amides is 1. The molecule has 1 aromatic heterocycles. The second kappa shape index (κ2) is 7.40. The second-order valence-electron chi connectivity index (χ2n) is 4.63. The van der Waals surface area contributed by atoms with Crippen molar-refractivity contribution in [3.05, 3.63) is 52.3 Å². The maximum atomic E-state index is 12.1. The normalized spacial score (nSPS) is 10.3. The smallest absolute Gasteiger partial charge is 0.275 e. The highest BCUT2D eigenvalue weighted by Gasteiger charge is 2.16. The van der Waals surface area contributed by atoms with E-state index in [2.05, 4.69) is 10.4 Å². The van der Waals surface area contributed by atoms with E-state index in [-0.39, 0.29) is 5.69 Å². The van der Waals surface area contributed by atoms with E-state index >= 15 is 0 Å². The first-order valence-corrected chi connectivity index (χ1v) is 7.28. The zero-order valence-corrected chi connectivity index (χ0v) is 12.7. The number of rotatable bonds is 6. The molecule has 0 unspecified atom stereocenters. The van der Waals surface area contributed by atoms with Gasteiger partial charge in [-0.15, -0.1) is 0 Å². The highest BCUT2D eigenvalue weighted by Crippen LogP contribution is 2.15. The van der Waals surface area contributed by atoms with Gasteiger partial charge in [0.05, 0.1) is 18.4 Å². The number of benzene rings is 1. The molecule has 0 atom stereocenters. The zero-order valence-electron chi connectivity index (χ0n) is 12.7. The molecule has 1 heterocycles. The number of nitrogens with one attached hydrogen (secondary N) is 1. The van der Waals surface area contributed by atoms with Crippen molar-refractivity contribution >= 4 is 5.91 Å². The molecule has 2 rings (SSSR count). The van der Waals surface area contributed by atoms with Gasteiger partial charge in [-0.2, -0.15) is 5.10 Å². The fourth-order valence-corrected chi connectivity index (χ4v) is 1.92. The van der Waals surface area contributed by atoms with E-state index in [1.54, 1.807) is 0 Å². The van der Waals surface area contributed by atoms with Crippen LogP contribution in [-0.4, -0.2) is 28.8 Å². The van der Waals surface area contributed by atoms with E-state index in [0.29, 0.717) is 19.0 Å². The van der Waals surface area contributed by atoms with Crippen LogP contribution in [0.4, 0.5) is 0 Å². The summed E-state index contributed by atoms with van der Waals surface area (Å²) in [6, 6.07) is 10.5. The Balaban J connectivity index is 2.50. The number of carbonyl (C=O) groups excluding carboxylic acids is 1. The van der Waals surface area contributed by atoms with Gasteiger partial charge in [0.1, 0.15) is 0 Å². The Kier molecular flexibility index (Phi) is 5.30. The van der Waals surface area contributed by atoms with Crippen LogP contribution in [0.5, 0.6) is 5.88 Å². The topological polar surface area (TPSA) is 73.2 Å². The van der Waals surface area contributed by atoms with Gasteiger partial charge in [0.15, 0.2) is 5.69 Å². The van der Waals surface area contributed by atoms with Gasteiger partial charge in [0.25, 0.3) is 5.91 Å². The first-order valence-electron chi connectivity index (χ1n) is 7.28. The molecule has 0 bridgehead atoms. The van der Waals surface area contributed by atoms with Gasteiger partial charge in [-0.3, -0.25) is 9.59 Å². The number of hydrogen-bond donors (Lipinski definition) is 1. The lowest BCUT2D eigenvalue weighted by atomic mass is 10.3. The van der Waals surface area contributed by atoms with Crippen molar-refractivity contribution in [3.8, 4) is 11.6 Å². The van der Waals surface area contributed by atoms with Crippen LogP contribution in [0.3, 0.4) is 0 Å². The maximum Gasteiger partial charge on any atom is 0.275 e. The van der Waals surface area contributed by atoms with Gasteiger partial charge in [-0.05, 0) is 25.5 Å². The number of carbonyl (C=O) groups is 1. The summed E-state index contributed by atoms with van der Waals surface area (Å²) in [7, 11) is 0. The van der Waals surface area contributed by atoms with Gasteiger partial charge in [0.2, 0.25) is 11.3 Å². The van der Waals surface area contributed by atoms with Crippen LogP contribution < -0.4 is 15.5 Å². The molecule has 116 valence electrons. The maximum absolute atomic E-state index is 12.1. The minimum atomic E-state index is -0.473. The van der Waals surface area contributed by atoms with Crippen molar-refractivity contribution in [1.82, 2.24) is 15.1 Å². The van der Waals surface area contributed by atoms with E-state index in [9.17, 15) is 9.59 Å². The van der Waals surface area contributed by atoms with Crippen molar-refractivity contribution in [2.24, 2.45) is 0 Å². The Morgan fingerprint density at radius 2 is 2.00 bits per heavy atom. The minimum absolute atomic E-state index is 0.138. The second-order valence-corrected chi connectivity index (χ2v) is 4.63. The molecule has 0 saturated carbocycles. The number of para-hydroxylation sites is 1. The van der Waals surface area contributed by atoms with E-state index in [0.717, 1.165) is 12.1 Å². The van der Waals surface area contributed by atoms with Crippen LogP contribution in [0.2, 0.25) is 0 Å². The van der Waals surface area contributed by atoms with Crippen LogP contribution in [-0.2, 0) is 0 Å². The zero-order chi connectivity index (χ0) is 15.9. The lowest BCUT2D eigenvalue weighted by molar-refractivity contribution is 0.0945. The minimum Gasteiger partial charge on any atom is -0.478 e. The monoisotopic (exact) mass is 301 g/mol. The van der Waals surface area contributed by atoms with Crippen LogP contribution in [0.15, 0.2) is 41.2 Å². The molecule has 1 aromatic carbocycles. The van der Waals surface area contributed by atoms with E-state index in [1.807, 2.05) is 44.2 Å². The van der Waals surface area contributed by atoms with Crippen LogP contribution in [0, 0.1) is 0 Å². The van der Waals surface area contributed by atoms with E-state index < -0.39 is 11.3 Å². The molecule has 1 N–H and O–H groups in total. The Hall–Kier alpha value is -2.63. The lowest BCUT2D eigenvalue weighted by Gasteiger charge is -2.13. The largest absolute Gasteiger partial charge is 0.478 e. The molecule has 0 fully saturated rings. The number of aromatic nitrogens is 2. The fourth-order valence-electron chi connectivity index (χ4n) is 1.92. The Morgan fingerprint density at radius 1 is 1.27 bits per heavy atom. The van der Waals surface area contributed by atoms with E-state index in [1.165, 1.54) is 10.7 Å². The highest BCUT2D eigenvalue weighted by atomic mass is 16.5. The van der Waals surface area contributed by atoms with Crippen molar-refractivity contribution in [2.45, 2.75) is 20.3 Å². The number of hydrogen-bond acceptors (Lipinski definition) is 4. The van der Waals surface area contributed by atoms with Crippen LogP contribution in [0.25, 0.3) is 5.69 Å². The van der Waals surface area contributed by atoms with Gasteiger partial charge < -0.3 is 10.1 Å². The number of ether oxygens (including phenoxy) is 1. The predicted octanol–water partition coefficient (Wildman–Crippen LogP) is 1.77. The molecule has 0 saturated heterocycles. The van der Waals surface area contributed by atoms with Crippen molar-refractivity contribution in [3.63, 3.8) is 0 Å². The van der Waals surface area contributed by atoms with Crippen molar-refractivity contribution in [2.75, 3.05) is 13.2 Å². The molecule has 6 heteroatoms. The van der Waals surface area contributed by atoms with Gasteiger partial charge >= 0.3 is 0 Å². The van der Waals surface area contributed by atoms with Crippen LogP contribution >= 0.6 is 0 Å². The summed E-state index contributed by atoms with van der Waals surface area (Å²) < 4.78 is 6.92. The summed E-state index contributed by atoms with van der Waals surface area (Å²) in [6.07, 6.45) is 0.787. The Morgan fingerprint density at radius 3 is 2.64 bits per heavy atom. The summed E-state index contributed by atoms with van der Waals surface area (Å²) in [4.78, 5) is 24.1. The summed E-state index contributed by atoms with van der Waals surface area (Å²) in [5, 5.41) is 6.85. The average molecular weight is 301 g/mol. The molecule has 22 heavy (non-hydrogen) atoms. The molecule has 0 aliphatic carbocycles. The molecule has 0 radical (unpaired) electrons. The summed E-state index contributed by atoms with van der Waals surface area (Å²) in [5.41, 5.74) is 0.125. The standard InChI is InChI=1S/C16H19N3O3/c1-3-10-17-16(21)15-13(20)11-14(22-4-2)19(18-15)12-8-6-5-7-9-12/h5-9,11H,3-4,10H2,1-2H3,(H,17,21). The average Bonchev–Trinajstić information content (AvgIpc) is 2.54. The molecule has 1 amide bonds. The van der Waals surface area contributed by atoms with Crippen LogP contribution in [0.1, 0.15) is 30.8 Å². The molecular weight excluding hydrogens is 282 g/mol. The quantitative estimate of drug-likeness (QED) is 0.882. The molecule has 0 spiro atoms. The van der Waals surface area contributed by atoms with Crippen molar-refractivity contribution < 1.29 is 9.53 Å². The SMILES string of the molecule is CCCNC(=O)c1nn(-c2ccccc2)c(OCC)cc1=O. The lowest BCUT2D eigenvalue weighted by Crippen LogP contribution is -2.32. The molecule has 6 nitrogen and oxygen atoms in total. The first-order chi connectivity index (χ1) is 10.7. The van der Waals surface area contributed by atoms with Gasteiger partial charge in [-0.25, -0.2) is 4.68 Å². The third-order valence-electron chi connectivity index (χ3n) is 2.94. The van der Waals surface area contributed by atoms with Gasteiger partial charge in [-0.1, -0.05) is 25.1 Å². The first kappa shape index (κ1) is 15.8. The highest BCUT2D eigenvalue weighted by molar-refractivity contribution is 5.92. The number of nitrogens with zero attached hydrogens (tertiary/aromatic N) is 2. The summed E-state index contributed by atoms with van der Waals surface area (Å²) >= 11 is 0.